The van der Waals surface area contributed by atoms with Crippen molar-refractivity contribution in [1.29, 1.82) is 0 Å². The van der Waals surface area contributed by atoms with Crippen molar-refractivity contribution in [2.24, 2.45) is 0 Å². The first kappa shape index (κ1) is 17.4. The van der Waals surface area contributed by atoms with Crippen LogP contribution in [0.4, 0.5) is 0 Å². The number of carbonyl (C=O) groups is 1. The number of hydrogen-bond acceptors (Lipinski definition) is 4. The summed E-state index contributed by atoms with van der Waals surface area (Å²) in [6, 6.07) is 17.7. The smallest absolute Gasteiger partial charge is 0.244 e. The highest BCUT2D eigenvalue weighted by atomic mass is 16.2. The van der Waals surface area contributed by atoms with Gasteiger partial charge < -0.3 is 4.90 Å². The van der Waals surface area contributed by atoms with Gasteiger partial charge in [-0.25, -0.2) is 0 Å². The van der Waals surface area contributed by atoms with Crippen LogP contribution in [0.1, 0.15) is 5.56 Å². The Balaban J connectivity index is 1.39. The summed E-state index contributed by atoms with van der Waals surface area (Å²) in [5.74, 6) is 0.0377. The van der Waals surface area contributed by atoms with Crippen LogP contribution < -0.4 is 5.43 Å². The van der Waals surface area contributed by atoms with Crippen LogP contribution in [-0.4, -0.2) is 51.7 Å². The lowest BCUT2D eigenvalue weighted by atomic mass is 10.2. The van der Waals surface area contributed by atoms with Crippen LogP contribution in [0.25, 0.3) is 10.9 Å². The van der Waals surface area contributed by atoms with Crippen LogP contribution in [0.5, 0.6) is 0 Å². The average Bonchev–Trinajstić information content (AvgIpc) is 2.71. The molecule has 1 aliphatic rings. The quantitative estimate of drug-likeness (QED) is 0.709. The van der Waals surface area contributed by atoms with Gasteiger partial charge in [0.05, 0.1) is 11.7 Å². The van der Waals surface area contributed by atoms with Gasteiger partial charge >= 0.3 is 0 Å². The maximum Gasteiger partial charge on any atom is 0.244 e. The Morgan fingerprint density at radius 1 is 0.926 bits per heavy atom. The number of fused-ring (bicyclic) bond motifs is 1. The number of amides is 1. The van der Waals surface area contributed by atoms with E-state index in [1.165, 1.54) is 11.8 Å². The van der Waals surface area contributed by atoms with Gasteiger partial charge in [0.1, 0.15) is 6.54 Å². The van der Waals surface area contributed by atoms with Crippen molar-refractivity contribution in [3.8, 4) is 0 Å². The summed E-state index contributed by atoms with van der Waals surface area (Å²) in [6.45, 7) is 4.21. The fraction of sp³-hybridized carbons (Fsp3) is 0.286. The second-order valence-corrected chi connectivity index (χ2v) is 6.83. The highest BCUT2D eigenvalue weighted by molar-refractivity contribution is 5.81. The van der Waals surface area contributed by atoms with E-state index in [9.17, 15) is 9.59 Å². The summed E-state index contributed by atoms with van der Waals surface area (Å²) < 4.78 is 1.62. The fourth-order valence-electron chi connectivity index (χ4n) is 3.51. The first-order valence-electron chi connectivity index (χ1n) is 9.19. The molecule has 1 aromatic heterocycles. The van der Waals surface area contributed by atoms with Gasteiger partial charge in [0, 0.05) is 38.1 Å². The Morgan fingerprint density at radius 3 is 2.41 bits per heavy atom. The van der Waals surface area contributed by atoms with E-state index in [1.807, 2.05) is 29.2 Å². The number of aromatic nitrogens is 2. The molecule has 1 saturated heterocycles. The lowest BCUT2D eigenvalue weighted by molar-refractivity contribution is -0.133. The van der Waals surface area contributed by atoms with Crippen LogP contribution >= 0.6 is 0 Å². The predicted molar refractivity (Wildman–Crippen MR) is 104 cm³/mol. The summed E-state index contributed by atoms with van der Waals surface area (Å²) in [5, 5.41) is 4.75. The van der Waals surface area contributed by atoms with Gasteiger partial charge in [-0.3, -0.25) is 19.2 Å². The van der Waals surface area contributed by atoms with Gasteiger partial charge in [0.25, 0.3) is 0 Å². The number of benzene rings is 2. The van der Waals surface area contributed by atoms with Gasteiger partial charge in [-0.2, -0.15) is 5.10 Å². The van der Waals surface area contributed by atoms with Crippen molar-refractivity contribution in [3.05, 3.63) is 76.6 Å². The van der Waals surface area contributed by atoms with Crippen LogP contribution in [0, 0.1) is 0 Å². The molecule has 2 aromatic carbocycles. The maximum absolute atomic E-state index is 12.7. The predicted octanol–water partition coefficient (Wildman–Crippen LogP) is 1.74. The molecule has 0 N–H and O–H groups in total. The number of nitrogens with zero attached hydrogens (tertiary/aromatic N) is 4. The van der Waals surface area contributed by atoms with Gasteiger partial charge in [-0.1, -0.05) is 42.5 Å². The molecule has 0 atom stereocenters. The molecule has 6 nitrogen and oxygen atoms in total. The van der Waals surface area contributed by atoms with E-state index < -0.39 is 0 Å². The third-order valence-corrected chi connectivity index (χ3v) is 5.02. The first-order chi connectivity index (χ1) is 13.2. The van der Waals surface area contributed by atoms with Crippen molar-refractivity contribution in [3.63, 3.8) is 0 Å². The molecule has 27 heavy (non-hydrogen) atoms. The number of hydrogen-bond donors (Lipinski definition) is 0. The Kier molecular flexibility index (Phi) is 4.98. The molecule has 0 saturated carbocycles. The minimum Gasteiger partial charge on any atom is -0.339 e. The zero-order chi connectivity index (χ0) is 18.6. The van der Waals surface area contributed by atoms with E-state index in [2.05, 4.69) is 34.3 Å². The molecule has 3 aromatic rings. The molecule has 6 heteroatoms. The number of piperazine rings is 1. The van der Waals surface area contributed by atoms with Crippen LogP contribution in [0.3, 0.4) is 0 Å². The van der Waals surface area contributed by atoms with Crippen molar-refractivity contribution in [1.82, 2.24) is 19.6 Å². The average molecular weight is 362 g/mol. The highest BCUT2D eigenvalue weighted by Gasteiger charge is 2.21. The molecule has 0 spiro atoms. The van der Waals surface area contributed by atoms with E-state index >= 15 is 0 Å². The number of rotatable bonds is 4. The summed E-state index contributed by atoms with van der Waals surface area (Å²) in [4.78, 5) is 28.9. The summed E-state index contributed by atoms with van der Waals surface area (Å²) in [7, 11) is 0. The summed E-state index contributed by atoms with van der Waals surface area (Å²) in [5.41, 5.74) is 1.87. The normalized spacial score (nSPS) is 15.2. The molecule has 1 amide bonds. The van der Waals surface area contributed by atoms with E-state index in [-0.39, 0.29) is 17.9 Å². The van der Waals surface area contributed by atoms with Crippen LogP contribution in [0.15, 0.2) is 65.6 Å². The van der Waals surface area contributed by atoms with E-state index in [1.54, 1.807) is 10.7 Å². The molecule has 0 unspecified atom stereocenters. The first-order valence-corrected chi connectivity index (χ1v) is 9.19. The fourth-order valence-corrected chi connectivity index (χ4v) is 3.51. The number of carbonyl (C=O) groups excluding carboxylic acids is 1. The van der Waals surface area contributed by atoms with Crippen molar-refractivity contribution in [2.45, 2.75) is 13.1 Å². The summed E-state index contributed by atoms with van der Waals surface area (Å²) >= 11 is 0. The van der Waals surface area contributed by atoms with Gasteiger partial charge in [-0.15, -0.1) is 0 Å². The Hall–Kier alpha value is -2.99. The lowest BCUT2D eigenvalue weighted by Crippen LogP contribution is -2.49. The molecular weight excluding hydrogens is 340 g/mol. The summed E-state index contributed by atoms with van der Waals surface area (Å²) in [6.07, 6.45) is 1.29. The van der Waals surface area contributed by atoms with Crippen molar-refractivity contribution in [2.75, 3.05) is 26.2 Å². The second kappa shape index (κ2) is 7.72. The third-order valence-electron chi connectivity index (χ3n) is 5.02. The molecule has 2 heterocycles. The van der Waals surface area contributed by atoms with Gasteiger partial charge in [0.2, 0.25) is 11.3 Å². The minimum atomic E-state index is -0.121. The van der Waals surface area contributed by atoms with E-state index in [0.717, 1.165) is 19.6 Å². The number of para-hydroxylation sites is 1. The zero-order valence-electron chi connectivity index (χ0n) is 15.1. The largest absolute Gasteiger partial charge is 0.339 e. The Labute approximate surface area is 157 Å². The van der Waals surface area contributed by atoms with Gasteiger partial charge in [0.15, 0.2) is 0 Å². The molecule has 138 valence electrons. The Morgan fingerprint density at radius 2 is 1.63 bits per heavy atom. The third kappa shape index (κ3) is 3.90. The van der Waals surface area contributed by atoms with E-state index in [0.29, 0.717) is 24.0 Å². The topological polar surface area (TPSA) is 58.4 Å². The van der Waals surface area contributed by atoms with Crippen molar-refractivity contribution >= 4 is 16.8 Å². The Bertz CT molecular complexity index is 992. The van der Waals surface area contributed by atoms with Crippen LogP contribution in [0.2, 0.25) is 0 Å². The molecule has 0 bridgehead atoms. The second-order valence-electron chi connectivity index (χ2n) is 6.83. The van der Waals surface area contributed by atoms with E-state index in [4.69, 9.17) is 0 Å². The molecule has 0 radical (unpaired) electrons. The standard InChI is InChI=1S/C21H22N4O2/c26-20-14-22-25(19-9-5-4-8-18(19)20)16-21(27)24-12-10-23(11-13-24)15-17-6-2-1-3-7-17/h1-9,14H,10-13,15-16H2. The lowest BCUT2D eigenvalue weighted by Gasteiger charge is -2.34. The molecule has 1 aliphatic heterocycles. The molecule has 1 fully saturated rings. The zero-order valence-corrected chi connectivity index (χ0v) is 15.1. The SMILES string of the molecule is O=C(Cn1ncc(=O)c2ccccc21)N1CCN(Cc2ccccc2)CC1. The molecule has 0 aliphatic carbocycles. The maximum atomic E-state index is 12.7. The van der Waals surface area contributed by atoms with Crippen LogP contribution in [-0.2, 0) is 17.9 Å². The minimum absolute atomic E-state index is 0.0377. The van der Waals surface area contributed by atoms with Gasteiger partial charge in [-0.05, 0) is 17.7 Å². The van der Waals surface area contributed by atoms with Crippen molar-refractivity contribution < 1.29 is 4.79 Å². The highest BCUT2D eigenvalue weighted by Crippen LogP contribution is 2.11. The molecule has 4 rings (SSSR count). The molecular formula is C21H22N4O2. The monoisotopic (exact) mass is 362 g/mol.